The maximum atomic E-state index is 11.6. The zero-order chi connectivity index (χ0) is 9.45. The highest BCUT2D eigenvalue weighted by Crippen LogP contribution is 2.65. The van der Waals surface area contributed by atoms with Crippen LogP contribution in [-0.4, -0.2) is 18.4 Å². The first-order chi connectivity index (χ1) is 5.68. The van der Waals surface area contributed by atoms with Gasteiger partial charge in [-0.3, -0.25) is 0 Å². The van der Waals surface area contributed by atoms with Crippen LogP contribution >= 0.6 is 39.6 Å². The molecular weight excluding hydrogens is 239 g/mol. The van der Waals surface area contributed by atoms with Crippen LogP contribution in [0.1, 0.15) is 13.8 Å². The quantitative estimate of drug-likeness (QED) is 0.391. The molecule has 0 unspecified atom stereocenters. The van der Waals surface area contributed by atoms with Crippen LogP contribution in [0.4, 0.5) is 0 Å². The molecule has 0 saturated carbocycles. The number of hydrogen-bond acceptors (Lipinski definition) is 5. The maximum Gasteiger partial charge on any atom is 0.399 e. The number of hydrogen-bond donors (Lipinski definition) is 0. The molecule has 0 aromatic heterocycles. The molecule has 74 valence electrons. The fraction of sp³-hybridized carbons (Fsp3) is 1.00. The van der Waals surface area contributed by atoms with Gasteiger partial charge in [0, 0.05) is 10.4 Å². The normalized spacial score (nSPS) is 11.9. The maximum absolute atomic E-state index is 11.6. The summed E-state index contributed by atoms with van der Waals surface area (Å²) >= 11 is 5.42. The van der Waals surface area contributed by atoms with Gasteiger partial charge < -0.3 is 9.05 Å². The number of alkyl halides is 1. The number of halogens is 1. The van der Waals surface area contributed by atoms with Gasteiger partial charge in [0.05, 0.1) is 18.4 Å². The lowest BCUT2D eigenvalue weighted by atomic mass is 10.9. The van der Waals surface area contributed by atoms with Crippen molar-refractivity contribution in [1.82, 2.24) is 0 Å². The molecule has 0 fully saturated rings. The molecule has 0 heterocycles. The zero-order valence-corrected chi connectivity index (χ0v) is 10.3. The Balaban J connectivity index is 3.90. The molecule has 0 spiro atoms. The van der Waals surface area contributed by atoms with Crippen molar-refractivity contribution in [2.45, 2.75) is 13.8 Å². The summed E-state index contributed by atoms with van der Waals surface area (Å²) in [6.07, 6.45) is 0. The average molecular weight is 251 g/mol. The summed E-state index contributed by atoms with van der Waals surface area (Å²) < 4.78 is 21.6. The molecule has 0 bridgehead atoms. The molecule has 7 heteroatoms. The van der Waals surface area contributed by atoms with E-state index in [0.29, 0.717) is 18.4 Å². The van der Waals surface area contributed by atoms with Gasteiger partial charge in [-0.2, -0.15) is 0 Å². The van der Waals surface area contributed by atoms with E-state index in [4.69, 9.17) is 20.6 Å². The summed E-state index contributed by atoms with van der Waals surface area (Å²) in [5.41, 5.74) is 0. The lowest BCUT2D eigenvalue weighted by Gasteiger charge is -2.13. The molecule has 0 aliphatic heterocycles. The third-order valence-electron chi connectivity index (χ3n) is 0.763. The third kappa shape index (κ3) is 5.73. The summed E-state index contributed by atoms with van der Waals surface area (Å²) in [5.74, 6) is 0. The lowest BCUT2D eigenvalue weighted by molar-refractivity contribution is 0.237. The summed E-state index contributed by atoms with van der Waals surface area (Å²) in [4.78, 5) is 0. The second kappa shape index (κ2) is 7.54. The third-order valence-corrected chi connectivity index (χ3v) is 7.45. The van der Waals surface area contributed by atoms with Crippen LogP contribution < -0.4 is 0 Å². The van der Waals surface area contributed by atoms with E-state index in [9.17, 15) is 4.57 Å². The van der Waals surface area contributed by atoms with Gasteiger partial charge in [-0.05, 0) is 13.8 Å². The van der Waals surface area contributed by atoms with Crippen LogP contribution in [0.15, 0.2) is 0 Å². The standard InChI is InChI=1S/C5H12ClO3PS2/c1-3-8-10(7,9-4-2)12-11-5-6/h3-5H2,1-2H3. The average Bonchev–Trinajstić information content (AvgIpc) is 2.02. The summed E-state index contributed by atoms with van der Waals surface area (Å²) in [7, 11) is 2.33. The minimum Gasteiger partial charge on any atom is -0.300 e. The molecule has 0 aromatic carbocycles. The van der Waals surface area contributed by atoms with Crippen molar-refractivity contribution < 1.29 is 13.6 Å². The first kappa shape index (κ1) is 13.1. The van der Waals surface area contributed by atoms with Gasteiger partial charge in [0.1, 0.15) is 0 Å². The van der Waals surface area contributed by atoms with E-state index >= 15 is 0 Å². The zero-order valence-electron chi connectivity index (χ0n) is 6.99. The van der Waals surface area contributed by atoms with E-state index in [-0.39, 0.29) is 0 Å². The molecule has 0 aromatic rings. The second-order valence-corrected chi connectivity index (χ2v) is 8.09. The Hall–Kier alpha value is 1.14. The highest BCUT2D eigenvalue weighted by atomic mass is 35.5. The van der Waals surface area contributed by atoms with Gasteiger partial charge in [-0.25, -0.2) is 4.57 Å². The smallest absolute Gasteiger partial charge is 0.300 e. The molecule has 3 nitrogen and oxygen atoms in total. The Kier molecular flexibility index (Phi) is 8.25. The highest BCUT2D eigenvalue weighted by molar-refractivity contribution is 8.98. The van der Waals surface area contributed by atoms with Crippen molar-refractivity contribution in [1.29, 1.82) is 0 Å². The second-order valence-electron chi connectivity index (χ2n) is 1.58. The fourth-order valence-electron chi connectivity index (χ4n) is 0.481. The predicted molar refractivity (Wildman–Crippen MR) is 56.8 cm³/mol. The minimum absolute atomic E-state index is 0.370. The van der Waals surface area contributed by atoms with Crippen molar-refractivity contribution in [3.63, 3.8) is 0 Å². The SMILES string of the molecule is CCOP(=O)(OCC)SSCCl. The van der Waals surface area contributed by atoms with Gasteiger partial charge in [-0.1, -0.05) is 10.8 Å². The van der Waals surface area contributed by atoms with Crippen LogP contribution in [-0.2, 0) is 13.6 Å². The molecule has 0 saturated heterocycles. The van der Waals surface area contributed by atoms with Crippen molar-refractivity contribution >= 4 is 39.6 Å². The van der Waals surface area contributed by atoms with E-state index in [1.54, 1.807) is 13.8 Å². The van der Waals surface area contributed by atoms with Gasteiger partial charge in [0.15, 0.2) is 0 Å². The molecule has 12 heavy (non-hydrogen) atoms. The Morgan fingerprint density at radius 1 is 1.33 bits per heavy atom. The van der Waals surface area contributed by atoms with E-state index in [1.807, 2.05) is 0 Å². The van der Waals surface area contributed by atoms with Crippen molar-refractivity contribution in [3.05, 3.63) is 0 Å². The molecule has 0 radical (unpaired) electrons. The molecule has 0 N–H and O–H groups in total. The molecule has 0 aliphatic carbocycles. The first-order valence-corrected chi connectivity index (χ1v) is 8.45. The highest BCUT2D eigenvalue weighted by Gasteiger charge is 2.24. The van der Waals surface area contributed by atoms with Gasteiger partial charge in [-0.15, -0.1) is 11.6 Å². The monoisotopic (exact) mass is 250 g/mol. The molecule has 0 rings (SSSR count). The lowest BCUT2D eigenvalue weighted by Crippen LogP contribution is -1.90. The Morgan fingerprint density at radius 2 is 1.83 bits per heavy atom. The number of rotatable bonds is 7. The van der Waals surface area contributed by atoms with E-state index in [2.05, 4.69) is 0 Å². The Morgan fingerprint density at radius 3 is 2.17 bits per heavy atom. The van der Waals surface area contributed by atoms with Crippen LogP contribution in [0.5, 0.6) is 0 Å². The van der Waals surface area contributed by atoms with Crippen molar-refractivity contribution in [3.8, 4) is 0 Å². The molecule has 0 amide bonds. The summed E-state index contributed by atoms with van der Waals surface area (Å²) in [5, 5.41) is 0.370. The van der Waals surface area contributed by atoms with Crippen molar-refractivity contribution in [2.75, 3.05) is 18.4 Å². The van der Waals surface area contributed by atoms with Crippen LogP contribution in [0, 0.1) is 0 Å². The topological polar surface area (TPSA) is 35.5 Å². The van der Waals surface area contributed by atoms with Gasteiger partial charge in [0.2, 0.25) is 0 Å². The van der Waals surface area contributed by atoms with Crippen LogP contribution in [0.2, 0.25) is 0 Å². The predicted octanol–water partition coefficient (Wildman–Crippen LogP) is 3.75. The fourth-order valence-corrected chi connectivity index (χ4v) is 6.21. The summed E-state index contributed by atoms with van der Waals surface area (Å²) in [6, 6.07) is 0. The molecule has 0 aliphatic rings. The molecular formula is C5H12ClO3PS2. The van der Waals surface area contributed by atoms with Crippen LogP contribution in [0.3, 0.4) is 0 Å². The molecule has 0 atom stereocenters. The van der Waals surface area contributed by atoms with Gasteiger partial charge >= 0.3 is 6.80 Å². The van der Waals surface area contributed by atoms with Gasteiger partial charge in [0.25, 0.3) is 0 Å². The van der Waals surface area contributed by atoms with E-state index < -0.39 is 6.80 Å². The Bertz CT molecular complexity index is 148. The van der Waals surface area contributed by atoms with E-state index in [1.165, 1.54) is 10.8 Å². The first-order valence-electron chi connectivity index (χ1n) is 3.44. The van der Waals surface area contributed by atoms with Crippen molar-refractivity contribution in [2.24, 2.45) is 0 Å². The minimum atomic E-state index is -2.94. The largest absolute Gasteiger partial charge is 0.399 e. The Labute approximate surface area is 85.6 Å². The van der Waals surface area contributed by atoms with Crippen LogP contribution in [0.25, 0.3) is 0 Å². The summed E-state index contributed by atoms with van der Waals surface area (Å²) in [6.45, 7) is 1.37. The van der Waals surface area contributed by atoms with E-state index in [0.717, 1.165) is 10.4 Å².